The fourth-order valence-corrected chi connectivity index (χ4v) is 2.09. The molecule has 0 aliphatic heterocycles. The van der Waals surface area contributed by atoms with Gasteiger partial charge in [0.15, 0.2) is 0 Å². The summed E-state index contributed by atoms with van der Waals surface area (Å²) < 4.78 is 0. The van der Waals surface area contributed by atoms with Crippen LogP contribution in [0.1, 0.15) is 11.4 Å². The average Bonchev–Trinajstić information content (AvgIpc) is 3.41. The van der Waals surface area contributed by atoms with E-state index in [0.29, 0.717) is 0 Å². The van der Waals surface area contributed by atoms with Crippen molar-refractivity contribution in [3.8, 4) is 0 Å². The molecule has 0 N–H and O–H groups in total. The summed E-state index contributed by atoms with van der Waals surface area (Å²) in [6.45, 7) is 0. The first-order valence-corrected chi connectivity index (χ1v) is 8.24. The van der Waals surface area contributed by atoms with Crippen LogP contribution in [-0.2, 0) is 21.7 Å². The van der Waals surface area contributed by atoms with Gasteiger partial charge < -0.3 is 17.4 Å². The third-order valence-electron chi connectivity index (χ3n) is 3.36. The molecule has 4 rings (SSSR count). The van der Waals surface area contributed by atoms with Crippen molar-refractivity contribution in [2.75, 3.05) is 0 Å². The van der Waals surface area contributed by atoms with Gasteiger partial charge in [0.25, 0.3) is 0 Å². The van der Waals surface area contributed by atoms with Gasteiger partial charge in [-0.1, -0.05) is 60.7 Å². The summed E-state index contributed by atoms with van der Waals surface area (Å²) in [5.74, 6) is 0. The van der Waals surface area contributed by atoms with Crippen molar-refractivity contribution in [1.29, 1.82) is 0 Å². The van der Waals surface area contributed by atoms with E-state index in [1.54, 1.807) is 24.8 Å². The van der Waals surface area contributed by atoms with Crippen molar-refractivity contribution in [1.82, 2.24) is 9.97 Å². The molecular weight excluding hydrogens is 380 g/mol. The van der Waals surface area contributed by atoms with E-state index in [0.717, 1.165) is 22.8 Å². The first kappa shape index (κ1) is 23.1. The van der Waals surface area contributed by atoms with E-state index in [4.69, 9.17) is 0 Å². The number of hydrogen-bond donors (Lipinski definition) is 0. The van der Waals surface area contributed by atoms with Crippen molar-refractivity contribution in [2.24, 2.45) is 9.98 Å². The molecule has 2 aromatic heterocycles. The van der Waals surface area contributed by atoms with Crippen molar-refractivity contribution < 1.29 is 21.7 Å². The Morgan fingerprint density at radius 1 is 0.536 bits per heavy atom. The molecule has 28 heavy (non-hydrogen) atoms. The number of benzene rings is 2. The van der Waals surface area contributed by atoms with Gasteiger partial charge in [0, 0.05) is 12.4 Å². The topological polar surface area (TPSA) is 52.9 Å². The summed E-state index contributed by atoms with van der Waals surface area (Å²) >= 11 is 0. The molecule has 0 unspecified atom stereocenters. The molecule has 0 radical (unpaired) electrons. The summed E-state index contributed by atoms with van der Waals surface area (Å²) in [4.78, 5) is 16.7. The van der Waals surface area contributed by atoms with E-state index >= 15 is 0 Å². The maximum atomic E-state index is 4.26. The van der Waals surface area contributed by atoms with Gasteiger partial charge >= 0.3 is 21.7 Å². The van der Waals surface area contributed by atoms with Crippen molar-refractivity contribution in [2.45, 2.75) is 0 Å². The summed E-state index contributed by atoms with van der Waals surface area (Å²) in [5, 5.41) is 0. The third-order valence-corrected chi connectivity index (χ3v) is 3.36. The molecule has 0 spiro atoms. The van der Waals surface area contributed by atoms with Gasteiger partial charge in [-0.15, -0.1) is 11.4 Å². The minimum atomic E-state index is 0. The van der Waals surface area contributed by atoms with Crippen LogP contribution in [-0.4, -0.2) is 12.4 Å². The number of aromatic nitrogens is 2. The number of aliphatic imine (C=N–C) groups is 2. The number of hydrogen-bond acceptors (Lipinski definition) is 2. The predicted molar refractivity (Wildman–Crippen MR) is 113 cm³/mol. The van der Waals surface area contributed by atoms with Gasteiger partial charge in [-0.2, -0.15) is 12.4 Å². The van der Waals surface area contributed by atoms with Crippen LogP contribution in [0.25, 0.3) is 0 Å². The van der Waals surface area contributed by atoms with Gasteiger partial charge in [0.05, 0.1) is 11.4 Å². The van der Waals surface area contributed by atoms with Gasteiger partial charge in [-0.3, -0.25) is 9.98 Å². The fraction of sp³-hybridized carbons (Fsp3) is 0. The Morgan fingerprint density at radius 3 is 1.25 bits per heavy atom. The first-order valence-electron chi connectivity index (χ1n) is 8.24. The molecule has 4 nitrogen and oxygen atoms in total. The molecule has 0 saturated heterocycles. The largest absolute Gasteiger partial charge is 4.00 e. The maximum Gasteiger partial charge on any atom is 4.00 e. The Kier molecular flexibility index (Phi) is 10.9. The minimum Gasteiger partial charge on any atom is -0.663 e. The van der Waals surface area contributed by atoms with Crippen LogP contribution in [0.5, 0.6) is 0 Å². The van der Waals surface area contributed by atoms with Crippen LogP contribution >= 0.6 is 0 Å². The van der Waals surface area contributed by atoms with E-state index in [-0.39, 0.29) is 29.1 Å². The zero-order valence-electron chi connectivity index (χ0n) is 15.7. The molecule has 5 heteroatoms. The van der Waals surface area contributed by atoms with Crippen LogP contribution in [0, 0.1) is 7.43 Å². The molecule has 0 fully saturated rings. The molecule has 0 aliphatic rings. The van der Waals surface area contributed by atoms with Crippen molar-refractivity contribution >= 4 is 23.8 Å². The summed E-state index contributed by atoms with van der Waals surface area (Å²) in [7, 11) is 0. The van der Waals surface area contributed by atoms with E-state index in [1.165, 1.54) is 0 Å². The molecule has 0 atom stereocenters. The monoisotopic (exact) mass is 401 g/mol. The van der Waals surface area contributed by atoms with E-state index in [9.17, 15) is 0 Å². The first-order chi connectivity index (χ1) is 12.9. The molecule has 136 valence electrons. The Hall–Kier alpha value is -2.95. The number of para-hydroxylation sites is 2. The van der Waals surface area contributed by atoms with Crippen molar-refractivity contribution in [3.05, 3.63) is 116 Å². The van der Waals surface area contributed by atoms with E-state index < -0.39 is 0 Å². The van der Waals surface area contributed by atoms with Gasteiger partial charge in [0.2, 0.25) is 0 Å². The van der Waals surface area contributed by atoms with Gasteiger partial charge in [0.1, 0.15) is 0 Å². The molecule has 2 aromatic carbocycles. The quantitative estimate of drug-likeness (QED) is 0.267. The standard InChI is InChI=1S/2C11H9N2.CH3.Ti/c2*1-2-5-10(6-3-1)13-9-11-7-4-8-12-11;;/h2*1-9H;1H3;/q3*-1;+4. The summed E-state index contributed by atoms with van der Waals surface area (Å²) in [5.41, 5.74) is 3.68. The molecule has 0 amide bonds. The Balaban J connectivity index is 0.000000261. The Morgan fingerprint density at radius 2 is 0.929 bits per heavy atom. The Bertz CT molecular complexity index is 834. The second-order valence-corrected chi connectivity index (χ2v) is 5.31. The molecular formula is C23H21N4Ti+. The van der Waals surface area contributed by atoms with Crippen molar-refractivity contribution in [3.63, 3.8) is 0 Å². The van der Waals surface area contributed by atoms with Crippen LogP contribution in [0.4, 0.5) is 11.4 Å². The van der Waals surface area contributed by atoms with Crippen LogP contribution < -0.4 is 9.97 Å². The SMILES string of the molecule is C(=Nc1ccccc1)c1ccc[n-]1.C(=Nc1ccccc1)c1ccc[n-]1.[CH3-].[Ti+4]. The van der Waals surface area contributed by atoms with Crippen LogP contribution in [0.2, 0.25) is 0 Å². The zero-order valence-corrected chi connectivity index (χ0v) is 17.2. The maximum absolute atomic E-state index is 4.26. The Labute approximate surface area is 181 Å². The fourth-order valence-electron chi connectivity index (χ4n) is 2.09. The predicted octanol–water partition coefficient (Wildman–Crippen LogP) is 5.24. The third kappa shape index (κ3) is 8.17. The minimum absolute atomic E-state index is 0. The molecule has 4 aromatic rings. The summed E-state index contributed by atoms with van der Waals surface area (Å²) in [6.07, 6.45) is 7.03. The zero-order chi connectivity index (χ0) is 17.9. The second kappa shape index (κ2) is 13.3. The molecule has 0 aliphatic carbocycles. The normalized spacial score (nSPS) is 10.0. The summed E-state index contributed by atoms with van der Waals surface area (Å²) in [6, 6.07) is 27.3. The van der Waals surface area contributed by atoms with E-state index in [1.807, 2.05) is 84.9 Å². The van der Waals surface area contributed by atoms with Crippen LogP contribution in [0.15, 0.2) is 107 Å². The van der Waals surface area contributed by atoms with Crippen LogP contribution in [0.3, 0.4) is 0 Å². The van der Waals surface area contributed by atoms with Gasteiger partial charge in [-0.05, 0) is 24.3 Å². The smallest absolute Gasteiger partial charge is 0.663 e. The number of nitrogens with zero attached hydrogens (tertiary/aromatic N) is 4. The molecule has 0 saturated carbocycles. The average molecular weight is 401 g/mol. The number of rotatable bonds is 4. The van der Waals surface area contributed by atoms with E-state index in [2.05, 4.69) is 20.0 Å². The van der Waals surface area contributed by atoms with Gasteiger partial charge in [-0.25, -0.2) is 0 Å². The molecule has 2 heterocycles. The second-order valence-electron chi connectivity index (χ2n) is 5.31. The molecule has 0 bridgehead atoms.